The van der Waals surface area contributed by atoms with E-state index in [4.69, 9.17) is 10.5 Å². The van der Waals surface area contributed by atoms with Gasteiger partial charge < -0.3 is 15.6 Å². The molecule has 17 heavy (non-hydrogen) atoms. The number of carbonyl (C=O) groups excluding carboxylic acids is 1. The highest BCUT2D eigenvalue weighted by molar-refractivity contribution is 5.98. The Kier molecular flexibility index (Phi) is 3.33. The van der Waals surface area contributed by atoms with Crippen LogP contribution in [0.3, 0.4) is 0 Å². The monoisotopic (exact) mass is 235 g/mol. The third-order valence-corrected chi connectivity index (χ3v) is 3.29. The Hall–Kier alpha value is -1.55. The average Bonchev–Trinajstić information content (AvgIpc) is 2.75. The molecule has 4 nitrogen and oxygen atoms in total. The largest absolute Gasteiger partial charge is 0.495 e. The zero-order valence-electron chi connectivity index (χ0n) is 9.85. The Labute approximate surface area is 100 Å². The minimum absolute atomic E-state index is 0.0693. The lowest BCUT2D eigenvalue weighted by atomic mass is 9.96. The predicted molar refractivity (Wildman–Crippen MR) is 65.1 cm³/mol. The van der Waals surface area contributed by atoms with E-state index in [2.05, 4.69) is 0 Å². The van der Waals surface area contributed by atoms with Crippen LogP contribution in [0.4, 0.5) is 5.69 Å². The molecule has 1 aliphatic rings. The van der Waals surface area contributed by atoms with E-state index in [1.54, 1.807) is 18.2 Å². The molecule has 0 spiro atoms. The maximum atomic E-state index is 12.2. The van der Waals surface area contributed by atoms with Crippen LogP contribution < -0.4 is 10.5 Å². The summed E-state index contributed by atoms with van der Waals surface area (Å²) in [6, 6.07) is 5.06. The molecule has 1 aromatic carbocycles. The molecular formula is C13H17NO3. The number of anilines is 1. The van der Waals surface area contributed by atoms with Gasteiger partial charge in [-0.1, -0.05) is 0 Å². The third kappa shape index (κ3) is 2.42. The highest BCUT2D eigenvalue weighted by Crippen LogP contribution is 2.30. The summed E-state index contributed by atoms with van der Waals surface area (Å²) >= 11 is 0. The summed E-state index contributed by atoms with van der Waals surface area (Å²) in [5.74, 6) is 0.521. The molecule has 4 heteroatoms. The van der Waals surface area contributed by atoms with Crippen molar-refractivity contribution in [3.63, 3.8) is 0 Å². The van der Waals surface area contributed by atoms with Crippen LogP contribution in [0.2, 0.25) is 0 Å². The van der Waals surface area contributed by atoms with Crippen molar-refractivity contribution < 1.29 is 14.6 Å². The first kappa shape index (κ1) is 11.9. The number of Topliss-reactive ketones (excluding diaryl/α,β-unsaturated/α-hetero) is 1. The fourth-order valence-electron chi connectivity index (χ4n) is 2.30. The van der Waals surface area contributed by atoms with Crippen molar-refractivity contribution in [3.05, 3.63) is 23.8 Å². The van der Waals surface area contributed by atoms with Gasteiger partial charge in [-0.3, -0.25) is 4.79 Å². The standard InChI is InChI=1S/C13H17NO3/c1-17-12-7-9(3-5-11(12)14)13(16)8-2-4-10(15)6-8/h3,5,7-8,10,15H,2,4,6,14H2,1H3/t8?,10-/m0/s1. The van der Waals surface area contributed by atoms with Crippen molar-refractivity contribution in [1.82, 2.24) is 0 Å². The number of nitrogens with two attached hydrogens (primary N) is 1. The van der Waals surface area contributed by atoms with E-state index in [-0.39, 0.29) is 17.8 Å². The molecule has 0 saturated heterocycles. The van der Waals surface area contributed by atoms with E-state index >= 15 is 0 Å². The maximum absolute atomic E-state index is 12.2. The van der Waals surface area contributed by atoms with Crippen LogP contribution in [0, 0.1) is 5.92 Å². The summed E-state index contributed by atoms with van der Waals surface area (Å²) in [5, 5.41) is 9.44. The molecule has 0 aliphatic heterocycles. The highest BCUT2D eigenvalue weighted by atomic mass is 16.5. The second kappa shape index (κ2) is 4.75. The molecule has 1 aliphatic carbocycles. The number of ether oxygens (including phenoxy) is 1. The van der Waals surface area contributed by atoms with Gasteiger partial charge in [0.25, 0.3) is 0 Å². The minimum atomic E-state index is -0.334. The second-order valence-corrected chi connectivity index (χ2v) is 4.48. The number of hydrogen-bond acceptors (Lipinski definition) is 4. The number of aliphatic hydroxyl groups excluding tert-OH is 1. The lowest BCUT2D eigenvalue weighted by Gasteiger charge is -2.10. The topological polar surface area (TPSA) is 72.5 Å². The average molecular weight is 235 g/mol. The number of rotatable bonds is 3. The number of hydrogen-bond donors (Lipinski definition) is 2. The molecule has 92 valence electrons. The van der Waals surface area contributed by atoms with E-state index in [0.717, 1.165) is 6.42 Å². The van der Waals surface area contributed by atoms with Crippen LogP contribution in [-0.4, -0.2) is 24.1 Å². The van der Waals surface area contributed by atoms with Crippen LogP contribution in [0.25, 0.3) is 0 Å². The van der Waals surface area contributed by atoms with Gasteiger partial charge in [0, 0.05) is 11.5 Å². The SMILES string of the molecule is COc1cc(C(=O)C2CC[C@H](O)C2)ccc1N. The first-order valence-electron chi connectivity index (χ1n) is 5.77. The molecule has 2 rings (SSSR count). The summed E-state index contributed by atoms with van der Waals surface area (Å²) in [5.41, 5.74) is 6.83. The van der Waals surface area contributed by atoms with E-state index in [9.17, 15) is 9.90 Å². The van der Waals surface area contributed by atoms with Crippen molar-refractivity contribution in [3.8, 4) is 5.75 Å². The minimum Gasteiger partial charge on any atom is -0.495 e. The molecule has 0 bridgehead atoms. The summed E-state index contributed by atoms with van der Waals surface area (Å²) in [6.07, 6.45) is 1.69. The van der Waals surface area contributed by atoms with Crippen LogP contribution >= 0.6 is 0 Å². The maximum Gasteiger partial charge on any atom is 0.166 e. The number of aliphatic hydroxyl groups is 1. The molecule has 0 heterocycles. The smallest absolute Gasteiger partial charge is 0.166 e. The van der Waals surface area contributed by atoms with Gasteiger partial charge in [0.15, 0.2) is 5.78 Å². The zero-order chi connectivity index (χ0) is 12.4. The molecular weight excluding hydrogens is 218 g/mol. The Bertz CT molecular complexity index is 431. The van der Waals surface area contributed by atoms with Crippen molar-refractivity contribution in [1.29, 1.82) is 0 Å². The lowest BCUT2D eigenvalue weighted by molar-refractivity contribution is 0.0905. The van der Waals surface area contributed by atoms with Crippen LogP contribution in [0.5, 0.6) is 5.75 Å². The molecule has 3 N–H and O–H groups in total. The van der Waals surface area contributed by atoms with E-state index < -0.39 is 0 Å². The molecule has 1 unspecified atom stereocenters. The summed E-state index contributed by atoms with van der Waals surface area (Å²) < 4.78 is 5.09. The zero-order valence-corrected chi connectivity index (χ0v) is 9.85. The van der Waals surface area contributed by atoms with Gasteiger partial charge >= 0.3 is 0 Å². The summed E-state index contributed by atoms with van der Waals surface area (Å²) in [7, 11) is 1.53. The predicted octanol–water partition coefficient (Wildman–Crippen LogP) is 1.62. The Morgan fingerprint density at radius 3 is 2.82 bits per heavy atom. The van der Waals surface area contributed by atoms with Crippen molar-refractivity contribution in [2.24, 2.45) is 5.92 Å². The first-order valence-corrected chi connectivity index (χ1v) is 5.77. The Morgan fingerprint density at radius 1 is 1.47 bits per heavy atom. The van der Waals surface area contributed by atoms with E-state index in [1.165, 1.54) is 7.11 Å². The van der Waals surface area contributed by atoms with Gasteiger partial charge in [0.1, 0.15) is 5.75 Å². The fraction of sp³-hybridized carbons (Fsp3) is 0.462. The molecule has 0 amide bonds. The highest BCUT2D eigenvalue weighted by Gasteiger charge is 2.29. The number of methoxy groups -OCH3 is 1. The van der Waals surface area contributed by atoms with Gasteiger partial charge in [0.2, 0.25) is 0 Å². The molecule has 1 aromatic rings. The quantitative estimate of drug-likeness (QED) is 0.617. The number of carbonyl (C=O) groups is 1. The van der Waals surface area contributed by atoms with E-state index in [0.29, 0.717) is 29.8 Å². The van der Waals surface area contributed by atoms with Gasteiger partial charge in [0.05, 0.1) is 18.9 Å². The lowest BCUT2D eigenvalue weighted by Crippen LogP contribution is -2.13. The second-order valence-electron chi connectivity index (χ2n) is 4.48. The fourth-order valence-corrected chi connectivity index (χ4v) is 2.30. The molecule has 2 atom stereocenters. The van der Waals surface area contributed by atoms with Crippen LogP contribution in [0.15, 0.2) is 18.2 Å². The Morgan fingerprint density at radius 2 is 2.24 bits per heavy atom. The molecule has 1 fully saturated rings. The summed E-state index contributed by atoms with van der Waals surface area (Å²) in [4.78, 5) is 12.2. The molecule has 0 radical (unpaired) electrons. The number of benzene rings is 1. The van der Waals surface area contributed by atoms with Crippen LogP contribution in [-0.2, 0) is 0 Å². The Balaban J connectivity index is 2.19. The summed E-state index contributed by atoms with van der Waals surface area (Å²) in [6.45, 7) is 0. The molecule has 1 saturated carbocycles. The van der Waals surface area contributed by atoms with Gasteiger partial charge in [-0.15, -0.1) is 0 Å². The third-order valence-electron chi connectivity index (χ3n) is 3.29. The van der Waals surface area contributed by atoms with Gasteiger partial charge in [-0.25, -0.2) is 0 Å². The normalized spacial score (nSPS) is 23.6. The van der Waals surface area contributed by atoms with Crippen molar-refractivity contribution in [2.75, 3.05) is 12.8 Å². The number of nitrogen functional groups attached to an aromatic ring is 1. The van der Waals surface area contributed by atoms with Crippen LogP contribution in [0.1, 0.15) is 29.6 Å². The first-order chi connectivity index (χ1) is 8.11. The molecule has 0 aromatic heterocycles. The van der Waals surface area contributed by atoms with Crippen molar-refractivity contribution >= 4 is 11.5 Å². The van der Waals surface area contributed by atoms with Gasteiger partial charge in [-0.2, -0.15) is 0 Å². The van der Waals surface area contributed by atoms with Crippen molar-refractivity contribution in [2.45, 2.75) is 25.4 Å². The van der Waals surface area contributed by atoms with E-state index in [1.807, 2.05) is 0 Å². The number of ketones is 1. The van der Waals surface area contributed by atoms with Gasteiger partial charge in [-0.05, 0) is 37.5 Å².